The summed E-state index contributed by atoms with van der Waals surface area (Å²) in [4.78, 5) is 12.8. The number of amides is 1. The Morgan fingerprint density at radius 1 is 1.07 bits per heavy atom. The van der Waals surface area contributed by atoms with Gasteiger partial charge in [0.1, 0.15) is 6.54 Å². The van der Waals surface area contributed by atoms with Gasteiger partial charge in [0.05, 0.1) is 10.6 Å². The summed E-state index contributed by atoms with van der Waals surface area (Å²) >= 11 is 1.75. The Balaban J connectivity index is 2.27. The number of benzene rings is 2. The highest BCUT2D eigenvalue weighted by molar-refractivity contribution is 8.00. The largest absolute Gasteiger partial charge is 0.354 e. The van der Waals surface area contributed by atoms with Gasteiger partial charge in [-0.1, -0.05) is 51.1 Å². The molecule has 158 valence electrons. The molecule has 7 heteroatoms. The molecule has 0 radical (unpaired) electrons. The van der Waals surface area contributed by atoms with Crippen molar-refractivity contribution in [2.75, 3.05) is 23.1 Å². The number of hydrogen-bond donors (Lipinski definition) is 1. The minimum Gasteiger partial charge on any atom is -0.354 e. The average Bonchev–Trinajstić information content (AvgIpc) is 2.65. The van der Waals surface area contributed by atoms with Gasteiger partial charge in [0.2, 0.25) is 5.91 Å². The van der Waals surface area contributed by atoms with Crippen molar-refractivity contribution in [1.29, 1.82) is 0 Å². The first kappa shape index (κ1) is 23.3. The van der Waals surface area contributed by atoms with Crippen molar-refractivity contribution in [3.05, 3.63) is 59.7 Å². The van der Waals surface area contributed by atoms with Gasteiger partial charge in [0, 0.05) is 17.0 Å². The first-order valence-corrected chi connectivity index (χ1v) is 12.0. The van der Waals surface area contributed by atoms with Crippen LogP contribution in [0.3, 0.4) is 0 Å². The van der Waals surface area contributed by atoms with Crippen LogP contribution >= 0.6 is 11.8 Å². The topological polar surface area (TPSA) is 66.5 Å². The summed E-state index contributed by atoms with van der Waals surface area (Å²) in [6.45, 7) is 10.3. The molecule has 0 saturated heterocycles. The molecule has 2 rings (SSSR count). The maximum atomic E-state index is 13.3. The number of anilines is 1. The van der Waals surface area contributed by atoms with Gasteiger partial charge in [-0.25, -0.2) is 8.42 Å². The van der Waals surface area contributed by atoms with E-state index >= 15 is 0 Å². The molecular formula is C22H30N2O3S2. The van der Waals surface area contributed by atoms with Crippen molar-refractivity contribution in [2.45, 2.75) is 44.3 Å². The number of sulfonamides is 1. The van der Waals surface area contributed by atoms with Gasteiger partial charge < -0.3 is 5.32 Å². The summed E-state index contributed by atoms with van der Waals surface area (Å²) in [5, 5.41) is 2.85. The molecule has 2 aromatic carbocycles. The summed E-state index contributed by atoms with van der Waals surface area (Å²) in [5.41, 5.74) is 2.25. The zero-order chi connectivity index (χ0) is 21.7. The Kier molecular flexibility index (Phi) is 7.77. The van der Waals surface area contributed by atoms with E-state index in [4.69, 9.17) is 0 Å². The first-order chi connectivity index (χ1) is 13.5. The number of thioether (sulfide) groups is 1. The van der Waals surface area contributed by atoms with E-state index in [0.717, 1.165) is 16.9 Å². The molecule has 0 aliphatic carbocycles. The minimum atomic E-state index is -3.87. The molecule has 5 nitrogen and oxygen atoms in total. The molecule has 0 unspecified atom stereocenters. The molecule has 0 aliphatic heterocycles. The van der Waals surface area contributed by atoms with Crippen LogP contribution in [0.2, 0.25) is 0 Å². The van der Waals surface area contributed by atoms with E-state index in [1.165, 1.54) is 4.31 Å². The van der Waals surface area contributed by atoms with Gasteiger partial charge in [0.25, 0.3) is 10.0 Å². The fraction of sp³-hybridized carbons (Fsp3) is 0.409. The van der Waals surface area contributed by atoms with E-state index in [-0.39, 0.29) is 22.1 Å². The molecule has 1 N–H and O–H groups in total. The maximum absolute atomic E-state index is 13.3. The van der Waals surface area contributed by atoms with Gasteiger partial charge in [-0.3, -0.25) is 9.10 Å². The molecule has 0 spiro atoms. The minimum absolute atomic E-state index is 0.117. The van der Waals surface area contributed by atoms with E-state index in [1.807, 2.05) is 26.0 Å². The van der Waals surface area contributed by atoms with Crippen LogP contribution in [0.5, 0.6) is 0 Å². The lowest BCUT2D eigenvalue weighted by Gasteiger charge is -2.26. The Morgan fingerprint density at radius 3 is 2.34 bits per heavy atom. The van der Waals surface area contributed by atoms with Crippen molar-refractivity contribution >= 4 is 33.4 Å². The molecule has 0 aliphatic rings. The number of carbonyl (C=O) groups is 1. The van der Waals surface area contributed by atoms with Crippen molar-refractivity contribution in [3.63, 3.8) is 0 Å². The third kappa shape index (κ3) is 6.78. The van der Waals surface area contributed by atoms with Gasteiger partial charge in [-0.2, -0.15) is 11.8 Å². The molecule has 0 heterocycles. The highest BCUT2D eigenvalue weighted by atomic mass is 32.2. The van der Waals surface area contributed by atoms with Crippen LogP contribution in [-0.2, 0) is 14.8 Å². The molecule has 0 aromatic heterocycles. The quantitative estimate of drug-likeness (QED) is 0.634. The van der Waals surface area contributed by atoms with Crippen LogP contribution in [0.25, 0.3) is 0 Å². The van der Waals surface area contributed by atoms with Gasteiger partial charge in [0.15, 0.2) is 0 Å². The standard InChI is InChI=1S/C22H30N2O3S2/c1-17-11-12-18(2)20(15-17)24(29(26,27)19-9-7-6-8-10-19)16-21(25)23-13-14-28-22(3,4)5/h6-12,15H,13-14,16H2,1-5H3,(H,23,25). The predicted molar refractivity (Wildman–Crippen MR) is 122 cm³/mol. The lowest BCUT2D eigenvalue weighted by atomic mass is 10.1. The number of nitrogens with one attached hydrogen (secondary N) is 1. The maximum Gasteiger partial charge on any atom is 0.264 e. The fourth-order valence-corrected chi connectivity index (χ4v) is 5.06. The molecule has 29 heavy (non-hydrogen) atoms. The van der Waals surface area contributed by atoms with Crippen molar-refractivity contribution in [2.24, 2.45) is 0 Å². The lowest BCUT2D eigenvalue weighted by Crippen LogP contribution is -2.42. The van der Waals surface area contributed by atoms with Crippen molar-refractivity contribution in [1.82, 2.24) is 5.32 Å². The third-order valence-corrected chi connectivity index (χ3v) is 7.26. The molecule has 0 atom stereocenters. The second-order valence-electron chi connectivity index (χ2n) is 7.93. The highest BCUT2D eigenvalue weighted by Crippen LogP contribution is 2.28. The monoisotopic (exact) mass is 434 g/mol. The van der Waals surface area contributed by atoms with Gasteiger partial charge in [-0.05, 0) is 43.2 Å². The number of carbonyl (C=O) groups excluding carboxylic acids is 1. The predicted octanol–water partition coefficient (Wildman–Crippen LogP) is 4.15. The van der Waals surface area contributed by atoms with E-state index in [2.05, 4.69) is 26.1 Å². The lowest BCUT2D eigenvalue weighted by molar-refractivity contribution is -0.119. The van der Waals surface area contributed by atoms with E-state index < -0.39 is 10.0 Å². The number of hydrogen-bond acceptors (Lipinski definition) is 4. The summed E-state index contributed by atoms with van der Waals surface area (Å²) in [6.07, 6.45) is 0. The number of aryl methyl sites for hydroxylation is 2. The molecular weight excluding hydrogens is 404 g/mol. The molecule has 1 amide bonds. The third-order valence-electron chi connectivity index (χ3n) is 4.21. The molecule has 0 saturated carbocycles. The van der Waals surface area contributed by atoms with E-state index in [9.17, 15) is 13.2 Å². The normalized spacial score (nSPS) is 11.9. The van der Waals surface area contributed by atoms with Crippen LogP contribution in [0.1, 0.15) is 31.9 Å². The summed E-state index contributed by atoms with van der Waals surface area (Å²) in [6, 6.07) is 13.8. The van der Waals surface area contributed by atoms with Crippen LogP contribution < -0.4 is 9.62 Å². The Labute approximate surface area is 178 Å². The Morgan fingerprint density at radius 2 is 1.72 bits per heavy atom. The zero-order valence-corrected chi connectivity index (χ0v) is 19.4. The second kappa shape index (κ2) is 9.67. The van der Waals surface area contributed by atoms with E-state index in [1.54, 1.807) is 48.2 Å². The first-order valence-electron chi connectivity index (χ1n) is 9.56. The molecule has 0 bridgehead atoms. The van der Waals surface area contributed by atoms with Gasteiger partial charge >= 0.3 is 0 Å². The molecule has 0 fully saturated rings. The van der Waals surface area contributed by atoms with Gasteiger partial charge in [-0.15, -0.1) is 0 Å². The fourth-order valence-electron chi connectivity index (χ4n) is 2.74. The number of rotatable bonds is 8. The van der Waals surface area contributed by atoms with Crippen molar-refractivity contribution < 1.29 is 13.2 Å². The second-order valence-corrected chi connectivity index (χ2v) is 11.7. The van der Waals surface area contributed by atoms with E-state index in [0.29, 0.717) is 12.2 Å². The van der Waals surface area contributed by atoms with Crippen LogP contribution in [-0.4, -0.2) is 37.9 Å². The highest BCUT2D eigenvalue weighted by Gasteiger charge is 2.28. The molecule has 2 aromatic rings. The SMILES string of the molecule is Cc1ccc(C)c(N(CC(=O)NCCSC(C)(C)C)S(=O)(=O)c2ccccc2)c1. The average molecular weight is 435 g/mol. The van der Waals surface area contributed by atoms with Crippen molar-refractivity contribution in [3.8, 4) is 0 Å². The Hall–Kier alpha value is -1.99. The smallest absolute Gasteiger partial charge is 0.264 e. The van der Waals surface area contributed by atoms with Crippen LogP contribution in [0, 0.1) is 13.8 Å². The van der Waals surface area contributed by atoms with Crippen LogP contribution in [0.15, 0.2) is 53.4 Å². The zero-order valence-electron chi connectivity index (χ0n) is 17.7. The summed E-state index contributed by atoms with van der Waals surface area (Å²) in [5.74, 6) is 0.448. The summed E-state index contributed by atoms with van der Waals surface area (Å²) in [7, 11) is -3.87. The number of nitrogens with zero attached hydrogens (tertiary/aromatic N) is 1. The summed E-state index contributed by atoms with van der Waals surface area (Å²) < 4.78 is 28.0. The Bertz CT molecular complexity index is 936. The van der Waals surface area contributed by atoms with Crippen LogP contribution in [0.4, 0.5) is 5.69 Å².